The highest BCUT2D eigenvalue weighted by Crippen LogP contribution is 2.23. The SMILES string of the molecule is OCCCC(/C=C/c1ccccc1)c1ccccc1. The average molecular weight is 252 g/mol. The summed E-state index contributed by atoms with van der Waals surface area (Å²) in [4.78, 5) is 0. The predicted octanol–water partition coefficient (Wildman–Crippen LogP) is 4.26. The Morgan fingerprint density at radius 2 is 1.53 bits per heavy atom. The summed E-state index contributed by atoms with van der Waals surface area (Å²) in [5.41, 5.74) is 2.52. The zero-order valence-electron chi connectivity index (χ0n) is 11.1. The highest BCUT2D eigenvalue weighted by Gasteiger charge is 2.06. The molecule has 0 saturated heterocycles. The first kappa shape index (κ1) is 13.6. The van der Waals surface area contributed by atoms with Gasteiger partial charge in [-0.25, -0.2) is 0 Å². The number of aliphatic hydroxyl groups is 1. The Morgan fingerprint density at radius 1 is 0.895 bits per heavy atom. The Bertz CT molecular complexity index is 488. The summed E-state index contributed by atoms with van der Waals surface area (Å²) >= 11 is 0. The van der Waals surface area contributed by atoms with Gasteiger partial charge in [0, 0.05) is 12.5 Å². The van der Waals surface area contributed by atoms with E-state index in [0.29, 0.717) is 5.92 Å². The van der Waals surface area contributed by atoms with Crippen LogP contribution in [0.2, 0.25) is 0 Å². The molecule has 98 valence electrons. The van der Waals surface area contributed by atoms with Crippen molar-refractivity contribution in [2.75, 3.05) is 6.61 Å². The number of allylic oxidation sites excluding steroid dienone is 1. The molecule has 2 rings (SSSR count). The Hall–Kier alpha value is -1.86. The molecule has 0 spiro atoms. The van der Waals surface area contributed by atoms with E-state index >= 15 is 0 Å². The summed E-state index contributed by atoms with van der Waals surface area (Å²) in [6.07, 6.45) is 6.21. The highest BCUT2D eigenvalue weighted by atomic mass is 16.2. The van der Waals surface area contributed by atoms with Gasteiger partial charge in [0.2, 0.25) is 0 Å². The molecule has 19 heavy (non-hydrogen) atoms. The number of hydrogen-bond donors (Lipinski definition) is 1. The van der Waals surface area contributed by atoms with E-state index in [9.17, 15) is 0 Å². The summed E-state index contributed by atoms with van der Waals surface area (Å²) < 4.78 is 0. The third kappa shape index (κ3) is 4.38. The van der Waals surface area contributed by atoms with Crippen molar-refractivity contribution in [3.05, 3.63) is 77.9 Å². The van der Waals surface area contributed by atoms with E-state index in [-0.39, 0.29) is 6.61 Å². The molecule has 0 radical (unpaired) electrons. The van der Waals surface area contributed by atoms with Crippen LogP contribution in [0.15, 0.2) is 66.7 Å². The quantitative estimate of drug-likeness (QED) is 0.814. The van der Waals surface area contributed by atoms with Crippen LogP contribution in [0.3, 0.4) is 0 Å². The van der Waals surface area contributed by atoms with Gasteiger partial charge >= 0.3 is 0 Å². The van der Waals surface area contributed by atoms with Crippen LogP contribution in [0.25, 0.3) is 6.08 Å². The van der Waals surface area contributed by atoms with Crippen LogP contribution in [0.4, 0.5) is 0 Å². The van der Waals surface area contributed by atoms with E-state index in [1.807, 2.05) is 24.3 Å². The van der Waals surface area contributed by atoms with Gasteiger partial charge in [-0.2, -0.15) is 0 Å². The van der Waals surface area contributed by atoms with E-state index < -0.39 is 0 Å². The van der Waals surface area contributed by atoms with Crippen LogP contribution in [-0.4, -0.2) is 11.7 Å². The second kappa shape index (κ2) is 7.55. The maximum atomic E-state index is 9.02. The third-order valence-corrected chi connectivity index (χ3v) is 3.22. The first-order valence-corrected chi connectivity index (χ1v) is 6.79. The molecule has 0 aliphatic rings. The second-order valence-corrected chi connectivity index (χ2v) is 4.65. The molecule has 0 aliphatic carbocycles. The summed E-state index contributed by atoms with van der Waals surface area (Å²) in [6, 6.07) is 20.8. The highest BCUT2D eigenvalue weighted by molar-refractivity contribution is 5.50. The van der Waals surface area contributed by atoms with Crippen molar-refractivity contribution in [2.45, 2.75) is 18.8 Å². The van der Waals surface area contributed by atoms with Crippen molar-refractivity contribution in [3.63, 3.8) is 0 Å². The van der Waals surface area contributed by atoms with Gasteiger partial charge < -0.3 is 5.11 Å². The molecule has 1 atom stereocenters. The molecule has 0 amide bonds. The molecule has 2 aromatic carbocycles. The number of aliphatic hydroxyl groups excluding tert-OH is 1. The molecule has 2 aromatic rings. The lowest BCUT2D eigenvalue weighted by Gasteiger charge is -2.12. The second-order valence-electron chi connectivity index (χ2n) is 4.65. The van der Waals surface area contributed by atoms with E-state index in [1.54, 1.807) is 0 Å². The van der Waals surface area contributed by atoms with Crippen molar-refractivity contribution in [1.29, 1.82) is 0 Å². The van der Waals surface area contributed by atoms with E-state index in [2.05, 4.69) is 48.6 Å². The fraction of sp³-hybridized carbons (Fsp3) is 0.222. The van der Waals surface area contributed by atoms with Crippen LogP contribution in [0.5, 0.6) is 0 Å². The van der Waals surface area contributed by atoms with Gasteiger partial charge in [-0.15, -0.1) is 0 Å². The topological polar surface area (TPSA) is 20.2 Å². The molecular formula is C18H20O. The van der Waals surface area contributed by atoms with Gasteiger partial charge in [-0.1, -0.05) is 72.8 Å². The smallest absolute Gasteiger partial charge is 0.0431 e. The lowest BCUT2D eigenvalue weighted by molar-refractivity contribution is 0.282. The first-order valence-electron chi connectivity index (χ1n) is 6.79. The number of hydrogen-bond acceptors (Lipinski definition) is 1. The van der Waals surface area contributed by atoms with Gasteiger partial charge in [0.25, 0.3) is 0 Å². The van der Waals surface area contributed by atoms with Gasteiger partial charge in [-0.3, -0.25) is 0 Å². The Balaban J connectivity index is 2.12. The average Bonchev–Trinajstić information content (AvgIpc) is 2.49. The van der Waals surface area contributed by atoms with Crippen LogP contribution < -0.4 is 0 Å². The Morgan fingerprint density at radius 3 is 2.16 bits per heavy atom. The van der Waals surface area contributed by atoms with Crippen molar-refractivity contribution < 1.29 is 5.11 Å². The normalized spacial score (nSPS) is 12.7. The molecule has 0 aromatic heterocycles. The van der Waals surface area contributed by atoms with Crippen LogP contribution >= 0.6 is 0 Å². The fourth-order valence-corrected chi connectivity index (χ4v) is 2.18. The van der Waals surface area contributed by atoms with Crippen LogP contribution in [-0.2, 0) is 0 Å². The van der Waals surface area contributed by atoms with E-state index in [4.69, 9.17) is 5.11 Å². The van der Waals surface area contributed by atoms with Crippen molar-refractivity contribution in [2.24, 2.45) is 0 Å². The summed E-state index contributed by atoms with van der Waals surface area (Å²) in [7, 11) is 0. The third-order valence-electron chi connectivity index (χ3n) is 3.22. The molecule has 0 saturated carbocycles. The minimum Gasteiger partial charge on any atom is -0.396 e. The predicted molar refractivity (Wildman–Crippen MR) is 81.0 cm³/mol. The van der Waals surface area contributed by atoms with Crippen molar-refractivity contribution >= 4 is 6.08 Å². The fourth-order valence-electron chi connectivity index (χ4n) is 2.18. The zero-order valence-corrected chi connectivity index (χ0v) is 11.1. The number of rotatable bonds is 6. The van der Waals surface area contributed by atoms with Crippen LogP contribution in [0, 0.1) is 0 Å². The lowest BCUT2D eigenvalue weighted by atomic mass is 9.93. The summed E-state index contributed by atoms with van der Waals surface area (Å²) in [5, 5.41) is 9.02. The summed E-state index contributed by atoms with van der Waals surface area (Å²) in [6.45, 7) is 0.252. The zero-order chi connectivity index (χ0) is 13.3. The van der Waals surface area contributed by atoms with Crippen molar-refractivity contribution in [3.8, 4) is 0 Å². The van der Waals surface area contributed by atoms with E-state index in [1.165, 1.54) is 11.1 Å². The molecule has 0 fully saturated rings. The Kier molecular flexibility index (Phi) is 5.39. The minimum absolute atomic E-state index is 0.252. The minimum atomic E-state index is 0.252. The first-order chi connectivity index (χ1) is 9.40. The van der Waals surface area contributed by atoms with Crippen LogP contribution in [0.1, 0.15) is 29.9 Å². The van der Waals surface area contributed by atoms with Gasteiger partial charge in [0.15, 0.2) is 0 Å². The maximum absolute atomic E-state index is 9.02. The van der Waals surface area contributed by atoms with E-state index in [0.717, 1.165) is 12.8 Å². The molecule has 1 heteroatoms. The largest absolute Gasteiger partial charge is 0.396 e. The number of benzene rings is 2. The Labute approximate surface area is 115 Å². The summed E-state index contributed by atoms with van der Waals surface area (Å²) in [5.74, 6) is 0.369. The molecule has 1 nitrogen and oxygen atoms in total. The molecular weight excluding hydrogens is 232 g/mol. The monoisotopic (exact) mass is 252 g/mol. The maximum Gasteiger partial charge on any atom is 0.0431 e. The molecule has 0 heterocycles. The molecule has 0 aliphatic heterocycles. The lowest BCUT2D eigenvalue weighted by Crippen LogP contribution is -1.97. The standard InChI is InChI=1S/C18H20O/c19-15-7-12-18(17-10-5-2-6-11-17)14-13-16-8-3-1-4-9-16/h1-6,8-11,13-14,18-19H,7,12,15H2/b14-13+. The van der Waals surface area contributed by atoms with Gasteiger partial charge in [0.1, 0.15) is 0 Å². The molecule has 1 unspecified atom stereocenters. The molecule has 1 N–H and O–H groups in total. The van der Waals surface area contributed by atoms with Gasteiger partial charge in [0.05, 0.1) is 0 Å². The van der Waals surface area contributed by atoms with Crippen molar-refractivity contribution in [1.82, 2.24) is 0 Å². The molecule has 0 bridgehead atoms. The van der Waals surface area contributed by atoms with Gasteiger partial charge in [-0.05, 0) is 24.0 Å².